The van der Waals surface area contributed by atoms with Gasteiger partial charge in [0.25, 0.3) is 5.56 Å². The fourth-order valence-electron chi connectivity index (χ4n) is 3.66. The number of benzene rings is 2. The second-order valence-electron chi connectivity index (χ2n) is 6.97. The predicted octanol–water partition coefficient (Wildman–Crippen LogP) is 2.18. The van der Waals surface area contributed by atoms with Gasteiger partial charge in [-0.2, -0.15) is 0 Å². The minimum Gasteiger partial charge on any atom is -0.324 e. The van der Waals surface area contributed by atoms with Gasteiger partial charge in [-0.3, -0.25) is 18.7 Å². The molecule has 8 heteroatoms. The summed E-state index contributed by atoms with van der Waals surface area (Å²) in [6, 6.07) is 12.9. The summed E-state index contributed by atoms with van der Waals surface area (Å²) in [7, 11) is 2.97. The summed E-state index contributed by atoms with van der Waals surface area (Å²) in [4.78, 5) is 42.2. The first-order chi connectivity index (χ1) is 13.9. The minimum absolute atomic E-state index is 0.231. The number of rotatable bonds is 4. The topological polar surface area (TPSA) is 90.9 Å². The molecule has 148 valence electrons. The minimum atomic E-state index is -0.649. The molecule has 0 aliphatic carbocycles. The van der Waals surface area contributed by atoms with Gasteiger partial charge in [-0.05, 0) is 17.9 Å². The highest BCUT2D eigenvalue weighted by Gasteiger charge is 2.24. The molecule has 4 aromatic rings. The number of aromatic nitrogens is 4. The molecule has 1 amide bonds. The monoisotopic (exact) mass is 391 g/mol. The van der Waals surface area contributed by atoms with Crippen molar-refractivity contribution in [3.05, 3.63) is 69.6 Å². The fourth-order valence-corrected chi connectivity index (χ4v) is 3.66. The molecule has 0 aliphatic rings. The van der Waals surface area contributed by atoms with E-state index in [1.54, 1.807) is 11.6 Å². The van der Waals surface area contributed by atoms with E-state index in [1.165, 1.54) is 17.9 Å². The van der Waals surface area contributed by atoms with Crippen LogP contribution in [0.15, 0.2) is 58.4 Å². The Hall–Kier alpha value is -3.68. The molecule has 0 bridgehead atoms. The highest BCUT2D eigenvalue weighted by molar-refractivity contribution is 6.03. The first-order valence-electron chi connectivity index (χ1n) is 9.35. The van der Waals surface area contributed by atoms with Crippen LogP contribution < -0.4 is 16.6 Å². The highest BCUT2D eigenvalue weighted by Crippen LogP contribution is 2.25. The van der Waals surface area contributed by atoms with Crippen LogP contribution in [-0.4, -0.2) is 24.6 Å². The van der Waals surface area contributed by atoms with E-state index in [9.17, 15) is 14.4 Å². The molecule has 1 atom stereocenters. The van der Waals surface area contributed by atoms with Gasteiger partial charge in [0.05, 0.1) is 6.33 Å². The van der Waals surface area contributed by atoms with E-state index in [-0.39, 0.29) is 17.1 Å². The molecule has 2 aromatic carbocycles. The predicted molar refractivity (Wildman–Crippen MR) is 112 cm³/mol. The number of carbonyl (C=O) groups is 1. The maximum absolute atomic E-state index is 13.1. The van der Waals surface area contributed by atoms with E-state index in [0.717, 1.165) is 15.3 Å². The average molecular weight is 391 g/mol. The third-order valence-corrected chi connectivity index (χ3v) is 5.25. The molecular weight excluding hydrogens is 370 g/mol. The zero-order valence-corrected chi connectivity index (χ0v) is 16.4. The van der Waals surface area contributed by atoms with E-state index in [2.05, 4.69) is 10.3 Å². The van der Waals surface area contributed by atoms with Crippen LogP contribution in [0.3, 0.4) is 0 Å². The van der Waals surface area contributed by atoms with Gasteiger partial charge >= 0.3 is 5.69 Å². The van der Waals surface area contributed by atoms with Crippen LogP contribution in [0.25, 0.3) is 21.9 Å². The van der Waals surface area contributed by atoms with Crippen molar-refractivity contribution in [1.29, 1.82) is 0 Å². The Morgan fingerprint density at radius 1 is 1.07 bits per heavy atom. The third-order valence-electron chi connectivity index (χ3n) is 5.25. The number of anilines is 1. The molecule has 2 aromatic heterocycles. The first kappa shape index (κ1) is 18.7. The zero-order chi connectivity index (χ0) is 20.7. The standard InChI is InChI=1S/C21H21N5O3/c1-4-16(19(27)23-15-11-7-9-13-8-5-6-10-14(13)15)26-12-22-18-17(26)20(28)25(3)21(29)24(18)2/h5-12,16H,4H2,1-3H3,(H,23,27)/t16-/m1/s1. The molecular formula is C21H21N5O3. The van der Waals surface area contributed by atoms with Crippen LogP contribution in [0, 0.1) is 0 Å². The van der Waals surface area contributed by atoms with Gasteiger partial charge in [-0.25, -0.2) is 9.78 Å². The summed E-state index contributed by atoms with van der Waals surface area (Å²) in [5, 5.41) is 4.94. The van der Waals surface area contributed by atoms with Gasteiger partial charge in [0, 0.05) is 25.2 Å². The molecule has 0 saturated heterocycles. The summed E-state index contributed by atoms with van der Waals surface area (Å²) in [5.74, 6) is -0.251. The lowest BCUT2D eigenvalue weighted by molar-refractivity contribution is -0.119. The van der Waals surface area contributed by atoms with Crippen molar-refractivity contribution >= 4 is 33.5 Å². The quantitative estimate of drug-likeness (QED) is 0.577. The average Bonchev–Trinajstić information content (AvgIpc) is 3.16. The van der Waals surface area contributed by atoms with Gasteiger partial charge in [-0.1, -0.05) is 43.3 Å². The number of nitrogens with one attached hydrogen (secondary N) is 1. The SMILES string of the molecule is CC[C@H](C(=O)Nc1cccc2ccccc12)n1cnc2c1c(=O)n(C)c(=O)n2C. The molecule has 1 N–H and O–H groups in total. The Balaban J connectivity index is 1.79. The number of amides is 1. The summed E-state index contributed by atoms with van der Waals surface area (Å²) in [5.41, 5.74) is 0.262. The lowest BCUT2D eigenvalue weighted by atomic mass is 10.1. The number of aryl methyl sites for hydroxylation is 1. The number of carbonyl (C=O) groups excluding carboxylic acids is 1. The normalized spacial score (nSPS) is 12.4. The van der Waals surface area contributed by atoms with Gasteiger partial charge in [0.2, 0.25) is 5.91 Å². The van der Waals surface area contributed by atoms with E-state index in [4.69, 9.17) is 0 Å². The Kier molecular flexibility index (Phi) is 4.54. The maximum atomic E-state index is 13.1. The van der Waals surface area contributed by atoms with Crippen molar-refractivity contribution in [1.82, 2.24) is 18.7 Å². The molecule has 2 heterocycles. The number of nitrogens with zero attached hydrogens (tertiary/aromatic N) is 4. The van der Waals surface area contributed by atoms with E-state index in [0.29, 0.717) is 12.1 Å². The smallest absolute Gasteiger partial charge is 0.324 e. The lowest BCUT2D eigenvalue weighted by Crippen LogP contribution is -2.38. The second-order valence-corrected chi connectivity index (χ2v) is 6.97. The zero-order valence-electron chi connectivity index (χ0n) is 16.4. The van der Waals surface area contributed by atoms with E-state index in [1.807, 2.05) is 49.4 Å². The summed E-state index contributed by atoms with van der Waals surface area (Å²) in [6.07, 6.45) is 1.90. The summed E-state index contributed by atoms with van der Waals surface area (Å²) >= 11 is 0. The van der Waals surface area contributed by atoms with Gasteiger partial charge in [0.1, 0.15) is 6.04 Å². The van der Waals surface area contributed by atoms with Crippen LogP contribution in [0.2, 0.25) is 0 Å². The van der Waals surface area contributed by atoms with Crippen LogP contribution >= 0.6 is 0 Å². The molecule has 0 fully saturated rings. The fraction of sp³-hybridized carbons (Fsp3) is 0.238. The van der Waals surface area contributed by atoms with Crippen molar-refractivity contribution in [3.8, 4) is 0 Å². The van der Waals surface area contributed by atoms with Gasteiger partial charge in [0.15, 0.2) is 11.2 Å². The Morgan fingerprint density at radius 3 is 2.55 bits per heavy atom. The number of hydrogen-bond donors (Lipinski definition) is 1. The van der Waals surface area contributed by atoms with Crippen molar-refractivity contribution in [3.63, 3.8) is 0 Å². The van der Waals surface area contributed by atoms with Crippen molar-refractivity contribution in [2.45, 2.75) is 19.4 Å². The first-order valence-corrected chi connectivity index (χ1v) is 9.35. The Bertz CT molecular complexity index is 1360. The molecule has 0 spiro atoms. The maximum Gasteiger partial charge on any atom is 0.332 e. The number of fused-ring (bicyclic) bond motifs is 2. The number of imidazole rings is 1. The molecule has 8 nitrogen and oxygen atoms in total. The molecule has 0 aliphatic heterocycles. The Labute approximate surface area is 166 Å². The van der Waals surface area contributed by atoms with Crippen LogP contribution in [0.5, 0.6) is 0 Å². The molecule has 0 unspecified atom stereocenters. The molecule has 4 rings (SSSR count). The molecule has 0 saturated carbocycles. The third kappa shape index (κ3) is 2.93. The van der Waals surface area contributed by atoms with Crippen LogP contribution in [-0.2, 0) is 18.9 Å². The molecule has 29 heavy (non-hydrogen) atoms. The van der Waals surface area contributed by atoms with Crippen molar-refractivity contribution < 1.29 is 4.79 Å². The van der Waals surface area contributed by atoms with Gasteiger partial charge < -0.3 is 9.88 Å². The van der Waals surface area contributed by atoms with Crippen molar-refractivity contribution in [2.24, 2.45) is 14.1 Å². The highest BCUT2D eigenvalue weighted by atomic mass is 16.2. The van der Waals surface area contributed by atoms with E-state index >= 15 is 0 Å². The largest absolute Gasteiger partial charge is 0.332 e. The van der Waals surface area contributed by atoms with Crippen molar-refractivity contribution in [2.75, 3.05) is 5.32 Å². The van der Waals surface area contributed by atoms with E-state index < -0.39 is 17.3 Å². The van der Waals surface area contributed by atoms with Gasteiger partial charge in [-0.15, -0.1) is 0 Å². The second kappa shape index (κ2) is 7.05. The molecule has 0 radical (unpaired) electrons. The number of hydrogen-bond acceptors (Lipinski definition) is 4. The van der Waals surface area contributed by atoms with Crippen LogP contribution in [0.1, 0.15) is 19.4 Å². The Morgan fingerprint density at radius 2 is 1.79 bits per heavy atom. The summed E-state index contributed by atoms with van der Waals surface area (Å²) in [6.45, 7) is 1.87. The van der Waals surface area contributed by atoms with Crippen LogP contribution in [0.4, 0.5) is 5.69 Å². The lowest BCUT2D eigenvalue weighted by Gasteiger charge is -2.18. The summed E-state index contributed by atoms with van der Waals surface area (Å²) < 4.78 is 3.88.